The van der Waals surface area contributed by atoms with Gasteiger partial charge >= 0.3 is 0 Å². The molecule has 1 aliphatic rings. The number of aliphatic hydroxyl groups excluding tert-OH is 1. The number of nitrogens with one attached hydrogen (secondary N) is 2. The van der Waals surface area contributed by atoms with Gasteiger partial charge in [0.25, 0.3) is 12.3 Å². The zero-order valence-corrected chi connectivity index (χ0v) is 24.8. The molecule has 1 aliphatic heterocycles. The van der Waals surface area contributed by atoms with Gasteiger partial charge < -0.3 is 20.1 Å². The molecule has 42 heavy (non-hydrogen) atoms. The Morgan fingerprint density at radius 3 is 2.69 bits per heavy atom. The zero-order valence-electron chi connectivity index (χ0n) is 24.0. The molecule has 0 fully saturated rings. The Morgan fingerprint density at radius 1 is 1.21 bits per heavy atom. The molecule has 0 saturated carbocycles. The summed E-state index contributed by atoms with van der Waals surface area (Å²) in [5.74, 6) is 0.317. The largest absolute Gasteiger partial charge is 0.490 e. The number of hydrogen-bond donors (Lipinski definition) is 3. The predicted molar refractivity (Wildman–Crippen MR) is 163 cm³/mol. The summed E-state index contributed by atoms with van der Waals surface area (Å²) >= 11 is 0.747. The van der Waals surface area contributed by atoms with Gasteiger partial charge in [-0.25, -0.2) is 13.8 Å². The lowest BCUT2D eigenvalue weighted by Gasteiger charge is -2.34. The van der Waals surface area contributed by atoms with E-state index in [9.17, 15) is 18.7 Å². The van der Waals surface area contributed by atoms with E-state index in [0.29, 0.717) is 42.3 Å². The van der Waals surface area contributed by atoms with Gasteiger partial charge in [-0.15, -0.1) is 11.3 Å². The molecule has 2 aromatic carbocycles. The van der Waals surface area contributed by atoms with Gasteiger partial charge in [0.1, 0.15) is 18.6 Å². The van der Waals surface area contributed by atoms with Crippen molar-refractivity contribution in [3.8, 4) is 11.4 Å². The van der Waals surface area contributed by atoms with Gasteiger partial charge in [0.15, 0.2) is 0 Å². The Labute approximate surface area is 247 Å². The number of amides is 1. The smallest absolute Gasteiger partial charge is 0.272 e. The topological polar surface area (TPSA) is 91.7 Å². The third kappa shape index (κ3) is 6.04. The van der Waals surface area contributed by atoms with E-state index in [-0.39, 0.29) is 27.2 Å². The third-order valence-electron chi connectivity index (χ3n) is 7.55. The lowest BCUT2D eigenvalue weighted by atomic mass is 9.88. The van der Waals surface area contributed by atoms with Gasteiger partial charge in [-0.3, -0.25) is 14.7 Å². The molecule has 0 bridgehead atoms. The van der Waals surface area contributed by atoms with Crippen LogP contribution in [0.4, 0.5) is 20.4 Å². The van der Waals surface area contributed by atoms with Crippen molar-refractivity contribution in [2.75, 3.05) is 23.4 Å². The fourth-order valence-electron chi connectivity index (χ4n) is 4.68. The first kappa shape index (κ1) is 29.7. The molecule has 8 nitrogen and oxygen atoms in total. The molecule has 222 valence electrons. The number of carbonyl (C=O) groups is 1. The highest BCUT2D eigenvalue weighted by Gasteiger charge is 2.25. The minimum atomic E-state index is -2.65. The Balaban J connectivity index is 1.56. The van der Waals surface area contributed by atoms with E-state index in [0.717, 1.165) is 22.4 Å². The molecule has 2 aromatic heterocycles. The van der Waals surface area contributed by atoms with E-state index in [1.54, 1.807) is 9.47 Å². The molecule has 5 rings (SSSR count). The summed E-state index contributed by atoms with van der Waals surface area (Å²) < 4.78 is 34.0. The number of alkyl halides is 2. The molecule has 11 heteroatoms. The number of fused-ring (bicyclic) bond motifs is 2. The molecule has 3 N–H and O–H groups in total. The van der Waals surface area contributed by atoms with Crippen LogP contribution in [0, 0.1) is 5.41 Å². The normalized spacial score (nSPS) is 14.9. The first-order valence-electron chi connectivity index (χ1n) is 13.7. The van der Waals surface area contributed by atoms with Crippen LogP contribution in [-0.2, 0) is 6.54 Å². The number of benzene rings is 2. The molecule has 1 amide bonds. The average Bonchev–Trinajstić information content (AvgIpc) is 3.59. The van der Waals surface area contributed by atoms with Crippen molar-refractivity contribution in [2.24, 2.45) is 5.41 Å². The Bertz CT molecular complexity index is 1610. The maximum atomic E-state index is 13.2. The summed E-state index contributed by atoms with van der Waals surface area (Å²) in [4.78, 5) is 19.7. The Morgan fingerprint density at radius 2 is 2.00 bits per heavy atom. The van der Waals surface area contributed by atoms with Gasteiger partial charge in [0.2, 0.25) is 5.95 Å². The molecule has 2 atom stereocenters. The maximum Gasteiger partial charge on any atom is 0.272 e. The van der Waals surface area contributed by atoms with Crippen LogP contribution in [0.15, 0.2) is 61.2 Å². The SMILES string of the molecule is C=CC(O)N1CCOc2ccc(-n3c(NC(=O)c4ccc(C(F)F)s4)nc4cc(CN[C@@H](C)C(C)(C)C)ccc43)cc21. The quantitative estimate of drug-likeness (QED) is 0.191. The molecule has 0 spiro atoms. The van der Waals surface area contributed by atoms with Gasteiger partial charge in [-0.05, 0) is 66.4 Å². The predicted octanol–water partition coefficient (Wildman–Crippen LogP) is 6.50. The van der Waals surface area contributed by atoms with Crippen LogP contribution in [-0.4, -0.2) is 46.0 Å². The number of hydrogen-bond acceptors (Lipinski definition) is 7. The molecular formula is C31H35F2N5O3S. The third-order valence-corrected chi connectivity index (χ3v) is 8.64. The van der Waals surface area contributed by atoms with Gasteiger partial charge in [-0.2, -0.15) is 0 Å². The number of rotatable bonds is 9. The number of nitrogens with zero attached hydrogens (tertiary/aromatic N) is 3. The number of halogens is 2. The summed E-state index contributed by atoms with van der Waals surface area (Å²) in [5.41, 5.74) is 3.86. The van der Waals surface area contributed by atoms with Crippen LogP contribution in [0.2, 0.25) is 0 Å². The standard InChI is InChI=1S/C31H35F2N5O3S/c1-6-27(39)37-13-14-41-24-10-8-20(16-23(24)37)38-22-9-7-19(17-34-18(2)31(3,4)5)15-21(22)35-30(38)36-29(40)26-12-11-25(42-26)28(32)33/h6-12,15-16,18,27-28,34,39H,1,13-14,17H2,2-5H3,(H,35,36,40)/t18-,27?/m0/s1. The van der Waals surface area contributed by atoms with E-state index in [4.69, 9.17) is 9.72 Å². The summed E-state index contributed by atoms with van der Waals surface area (Å²) in [7, 11) is 0. The van der Waals surface area contributed by atoms with Crippen molar-refractivity contribution in [1.82, 2.24) is 14.9 Å². The number of thiophene rings is 1. The molecule has 1 unspecified atom stereocenters. The number of carbonyl (C=O) groups excluding carboxylic acids is 1. The zero-order chi connectivity index (χ0) is 30.2. The summed E-state index contributed by atoms with van der Waals surface area (Å²) in [5, 5.41) is 16.9. The summed E-state index contributed by atoms with van der Waals surface area (Å²) in [6.07, 6.45) is -2.11. The van der Waals surface area contributed by atoms with Crippen molar-refractivity contribution < 1.29 is 23.4 Å². The molecule has 0 aliphatic carbocycles. The van der Waals surface area contributed by atoms with Crippen LogP contribution in [0.5, 0.6) is 5.75 Å². The van der Waals surface area contributed by atoms with Crippen LogP contribution in [0.1, 0.15) is 54.2 Å². The lowest BCUT2D eigenvalue weighted by Crippen LogP contribution is -2.40. The van der Waals surface area contributed by atoms with E-state index in [1.165, 1.54) is 18.2 Å². The highest BCUT2D eigenvalue weighted by Crippen LogP contribution is 2.37. The maximum absolute atomic E-state index is 13.2. The second-order valence-corrected chi connectivity index (χ2v) is 12.5. The van der Waals surface area contributed by atoms with Crippen molar-refractivity contribution in [1.29, 1.82) is 0 Å². The molecule has 4 aromatic rings. The first-order valence-corrected chi connectivity index (χ1v) is 14.6. The minimum absolute atomic E-state index is 0.0956. The number of aromatic nitrogens is 2. The Kier molecular flexibility index (Phi) is 8.36. The van der Waals surface area contributed by atoms with Gasteiger partial charge in [-0.1, -0.05) is 33.4 Å². The van der Waals surface area contributed by atoms with E-state index < -0.39 is 18.6 Å². The lowest BCUT2D eigenvalue weighted by molar-refractivity contribution is 0.102. The molecule has 0 saturated heterocycles. The van der Waals surface area contributed by atoms with Crippen molar-refractivity contribution >= 4 is 39.9 Å². The van der Waals surface area contributed by atoms with E-state index >= 15 is 0 Å². The first-order chi connectivity index (χ1) is 20.0. The highest BCUT2D eigenvalue weighted by atomic mass is 32.1. The second-order valence-electron chi connectivity index (χ2n) is 11.4. The monoisotopic (exact) mass is 595 g/mol. The Hall–Kier alpha value is -3.80. The number of aliphatic hydroxyl groups is 1. The molecule has 0 radical (unpaired) electrons. The van der Waals surface area contributed by atoms with Crippen molar-refractivity contribution in [3.05, 3.63) is 76.5 Å². The van der Waals surface area contributed by atoms with E-state index in [1.807, 2.05) is 36.4 Å². The minimum Gasteiger partial charge on any atom is -0.490 e. The van der Waals surface area contributed by atoms with Crippen LogP contribution < -0.4 is 20.3 Å². The van der Waals surface area contributed by atoms with Crippen molar-refractivity contribution in [3.63, 3.8) is 0 Å². The highest BCUT2D eigenvalue weighted by molar-refractivity contribution is 7.14. The fraction of sp³-hybridized carbons (Fsp3) is 0.355. The second kappa shape index (κ2) is 11.8. The molecular weight excluding hydrogens is 560 g/mol. The average molecular weight is 596 g/mol. The molecule has 3 heterocycles. The summed E-state index contributed by atoms with van der Waals surface area (Å²) in [6, 6.07) is 14.4. The van der Waals surface area contributed by atoms with Gasteiger partial charge in [0.05, 0.1) is 38.7 Å². The summed E-state index contributed by atoms with van der Waals surface area (Å²) in [6.45, 7) is 13.9. The number of imidazole rings is 1. The van der Waals surface area contributed by atoms with E-state index in [2.05, 4.69) is 44.9 Å². The van der Waals surface area contributed by atoms with Crippen LogP contribution in [0.3, 0.4) is 0 Å². The number of ether oxygens (including phenoxy) is 1. The fourth-order valence-corrected chi connectivity index (χ4v) is 5.44. The van der Waals surface area contributed by atoms with Crippen LogP contribution in [0.25, 0.3) is 16.7 Å². The number of anilines is 2. The van der Waals surface area contributed by atoms with Crippen molar-refractivity contribution in [2.45, 2.75) is 52.9 Å². The van der Waals surface area contributed by atoms with Gasteiger partial charge in [0, 0.05) is 12.6 Å². The van der Waals surface area contributed by atoms with Crippen LogP contribution >= 0.6 is 11.3 Å².